The third kappa shape index (κ3) is 3.45. The molecule has 98 valence electrons. The molecule has 0 aliphatic heterocycles. The van der Waals surface area contributed by atoms with Crippen molar-refractivity contribution in [2.24, 2.45) is 5.41 Å². The van der Waals surface area contributed by atoms with Gasteiger partial charge in [-0.2, -0.15) is 0 Å². The van der Waals surface area contributed by atoms with E-state index in [2.05, 4.69) is 0 Å². The smallest absolute Gasteiger partial charge is 0.347 e. The third-order valence-corrected chi connectivity index (χ3v) is 3.37. The lowest BCUT2D eigenvalue weighted by Gasteiger charge is -2.24. The molecular weight excluding hydrogens is 220 g/mol. The molecule has 0 amide bonds. The zero-order valence-corrected chi connectivity index (χ0v) is 11.0. The largest absolute Gasteiger partial charge is 0.463 e. The van der Waals surface area contributed by atoms with E-state index < -0.39 is 17.5 Å². The van der Waals surface area contributed by atoms with Crippen LogP contribution < -0.4 is 0 Å². The van der Waals surface area contributed by atoms with Crippen molar-refractivity contribution < 1.29 is 19.1 Å². The van der Waals surface area contributed by atoms with Crippen molar-refractivity contribution in [3.05, 3.63) is 0 Å². The number of carbonyl (C=O) groups excluding carboxylic acids is 2. The van der Waals surface area contributed by atoms with E-state index in [1.807, 2.05) is 13.8 Å². The number of hydrogen-bond acceptors (Lipinski definition) is 4. The molecule has 1 fully saturated rings. The Bertz CT molecular complexity index is 279. The second-order valence-corrected chi connectivity index (χ2v) is 4.82. The van der Waals surface area contributed by atoms with Crippen molar-refractivity contribution in [3.63, 3.8) is 0 Å². The highest BCUT2D eigenvalue weighted by Gasteiger charge is 2.39. The molecule has 0 aromatic rings. The van der Waals surface area contributed by atoms with E-state index in [0.717, 1.165) is 25.7 Å². The Morgan fingerprint density at radius 1 is 1.24 bits per heavy atom. The van der Waals surface area contributed by atoms with E-state index in [-0.39, 0.29) is 5.97 Å². The predicted molar refractivity (Wildman–Crippen MR) is 63.4 cm³/mol. The fourth-order valence-corrected chi connectivity index (χ4v) is 2.16. The average Bonchev–Trinajstić information content (AvgIpc) is 2.74. The van der Waals surface area contributed by atoms with Crippen molar-refractivity contribution in [3.8, 4) is 0 Å². The maximum atomic E-state index is 12.0. The zero-order chi connectivity index (χ0) is 12.9. The fraction of sp³-hybridized carbons (Fsp3) is 0.846. The van der Waals surface area contributed by atoms with Gasteiger partial charge in [0.15, 0.2) is 6.10 Å². The van der Waals surface area contributed by atoms with Gasteiger partial charge >= 0.3 is 11.9 Å². The van der Waals surface area contributed by atoms with Crippen LogP contribution in [0.2, 0.25) is 0 Å². The van der Waals surface area contributed by atoms with Crippen LogP contribution in [0.15, 0.2) is 0 Å². The molecule has 4 nitrogen and oxygen atoms in total. The van der Waals surface area contributed by atoms with Gasteiger partial charge in [0.05, 0.1) is 12.0 Å². The fourth-order valence-electron chi connectivity index (χ4n) is 2.16. The molecule has 17 heavy (non-hydrogen) atoms. The minimum atomic E-state index is -0.750. The van der Waals surface area contributed by atoms with Gasteiger partial charge in [0, 0.05) is 0 Å². The summed E-state index contributed by atoms with van der Waals surface area (Å²) in [5.41, 5.74) is -0.403. The summed E-state index contributed by atoms with van der Waals surface area (Å²) in [5, 5.41) is 0. The molecule has 1 rings (SSSR count). The van der Waals surface area contributed by atoms with Gasteiger partial charge in [0.2, 0.25) is 0 Å². The summed E-state index contributed by atoms with van der Waals surface area (Å²) < 4.78 is 10.2. The molecule has 1 aliphatic carbocycles. The lowest BCUT2D eigenvalue weighted by Crippen LogP contribution is -2.35. The predicted octanol–water partition coefficient (Wildman–Crippen LogP) is 2.45. The molecule has 0 heterocycles. The molecule has 4 heteroatoms. The number of ether oxygens (including phenoxy) is 2. The van der Waals surface area contributed by atoms with Crippen molar-refractivity contribution in [1.82, 2.24) is 0 Å². The summed E-state index contributed by atoms with van der Waals surface area (Å²) in [6.07, 6.45) is 3.53. The van der Waals surface area contributed by atoms with Crippen LogP contribution in [-0.4, -0.2) is 24.6 Å². The Labute approximate surface area is 103 Å². The Balaban J connectivity index is 2.56. The van der Waals surface area contributed by atoms with Crippen molar-refractivity contribution >= 4 is 11.9 Å². The Hall–Kier alpha value is -1.06. The standard InChI is InChI=1S/C13H22O4/c1-4-10(11(14)16-5-2)17-12(15)13(3)8-6-7-9-13/h10H,4-9H2,1-3H3. The Morgan fingerprint density at radius 2 is 1.82 bits per heavy atom. The van der Waals surface area contributed by atoms with Gasteiger partial charge in [0.1, 0.15) is 0 Å². The molecule has 0 bridgehead atoms. The lowest BCUT2D eigenvalue weighted by atomic mass is 9.89. The summed E-state index contributed by atoms with van der Waals surface area (Å²) in [6, 6.07) is 0. The van der Waals surface area contributed by atoms with Crippen LogP contribution in [0.5, 0.6) is 0 Å². The van der Waals surface area contributed by atoms with Gasteiger partial charge < -0.3 is 9.47 Å². The van der Waals surface area contributed by atoms with E-state index in [0.29, 0.717) is 13.0 Å². The molecule has 0 spiro atoms. The van der Waals surface area contributed by atoms with Gasteiger partial charge in [0.25, 0.3) is 0 Å². The quantitative estimate of drug-likeness (QED) is 0.695. The van der Waals surface area contributed by atoms with Crippen molar-refractivity contribution in [1.29, 1.82) is 0 Å². The lowest BCUT2D eigenvalue weighted by molar-refractivity contribution is -0.174. The normalized spacial score (nSPS) is 19.7. The molecule has 0 saturated heterocycles. The molecular formula is C13H22O4. The van der Waals surface area contributed by atoms with Crippen molar-refractivity contribution in [2.75, 3.05) is 6.61 Å². The van der Waals surface area contributed by atoms with Gasteiger partial charge in [-0.05, 0) is 33.1 Å². The third-order valence-electron chi connectivity index (χ3n) is 3.37. The minimum Gasteiger partial charge on any atom is -0.463 e. The van der Waals surface area contributed by atoms with E-state index in [4.69, 9.17) is 9.47 Å². The van der Waals surface area contributed by atoms with Crippen LogP contribution in [0, 0.1) is 5.41 Å². The summed E-state index contributed by atoms with van der Waals surface area (Å²) in [4.78, 5) is 23.5. The SMILES string of the molecule is CCOC(=O)C(CC)OC(=O)C1(C)CCCC1. The van der Waals surface area contributed by atoms with Crippen LogP contribution in [0.3, 0.4) is 0 Å². The highest BCUT2D eigenvalue weighted by atomic mass is 16.6. The van der Waals surface area contributed by atoms with Crippen LogP contribution in [0.4, 0.5) is 0 Å². The summed E-state index contributed by atoms with van der Waals surface area (Å²) in [5.74, 6) is -0.695. The zero-order valence-electron chi connectivity index (χ0n) is 11.0. The molecule has 1 unspecified atom stereocenters. The number of esters is 2. The monoisotopic (exact) mass is 242 g/mol. The van der Waals surface area contributed by atoms with Gasteiger partial charge in [-0.3, -0.25) is 4.79 Å². The first kappa shape index (κ1) is 14.0. The van der Waals surface area contributed by atoms with Crippen LogP contribution in [0.25, 0.3) is 0 Å². The topological polar surface area (TPSA) is 52.6 Å². The van der Waals surface area contributed by atoms with Gasteiger partial charge in [-0.15, -0.1) is 0 Å². The van der Waals surface area contributed by atoms with Crippen molar-refractivity contribution in [2.45, 2.75) is 59.0 Å². The molecule has 0 radical (unpaired) electrons. The average molecular weight is 242 g/mol. The van der Waals surface area contributed by atoms with Crippen LogP contribution >= 0.6 is 0 Å². The molecule has 0 aromatic carbocycles. The van der Waals surface area contributed by atoms with E-state index in [1.54, 1.807) is 6.92 Å². The van der Waals surface area contributed by atoms with E-state index >= 15 is 0 Å². The van der Waals surface area contributed by atoms with Crippen LogP contribution in [-0.2, 0) is 19.1 Å². The second-order valence-electron chi connectivity index (χ2n) is 4.82. The minimum absolute atomic E-state index is 0.255. The maximum Gasteiger partial charge on any atom is 0.347 e. The summed E-state index contributed by atoms with van der Waals surface area (Å²) in [6.45, 7) is 5.78. The first-order valence-electron chi connectivity index (χ1n) is 6.41. The highest BCUT2D eigenvalue weighted by molar-refractivity contribution is 5.82. The number of carbonyl (C=O) groups is 2. The molecule has 1 saturated carbocycles. The first-order chi connectivity index (χ1) is 8.03. The molecule has 0 N–H and O–H groups in total. The Kier molecular flexibility index (Phi) is 4.97. The Morgan fingerprint density at radius 3 is 2.29 bits per heavy atom. The maximum absolute atomic E-state index is 12.0. The first-order valence-corrected chi connectivity index (χ1v) is 6.41. The molecule has 1 aliphatic rings. The van der Waals surface area contributed by atoms with E-state index in [9.17, 15) is 9.59 Å². The number of hydrogen-bond donors (Lipinski definition) is 0. The second kappa shape index (κ2) is 6.03. The van der Waals surface area contributed by atoms with Crippen LogP contribution in [0.1, 0.15) is 52.9 Å². The summed E-state index contributed by atoms with van der Waals surface area (Å²) >= 11 is 0. The molecule has 0 aromatic heterocycles. The highest BCUT2D eigenvalue weighted by Crippen LogP contribution is 2.38. The number of rotatable bonds is 5. The van der Waals surface area contributed by atoms with Gasteiger partial charge in [-0.1, -0.05) is 19.8 Å². The van der Waals surface area contributed by atoms with Gasteiger partial charge in [-0.25, -0.2) is 4.79 Å². The molecule has 1 atom stereocenters. The summed E-state index contributed by atoms with van der Waals surface area (Å²) in [7, 11) is 0. The van der Waals surface area contributed by atoms with E-state index in [1.165, 1.54) is 0 Å².